The SMILES string of the molecule is CC1=C(CCC(=O)O)CCCCC1. The highest BCUT2D eigenvalue weighted by molar-refractivity contribution is 5.67. The van der Waals surface area contributed by atoms with Gasteiger partial charge in [-0.25, -0.2) is 0 Å². The summed E-state index contributed by atoms with van der Waals surface area (Å²) in [6, 6.07) is 0. The second kappa shape index (κ2) is 5.05. The van der Waals surface area contributed by atoms with E-state index >= 15 is 0 Å². The summed E-state index contributed by atoms with van der Waals surface area (Å²) in [5, 5.41) is 8.58. The first kappa shape index (κ1) is 10.3. The number of rotatable bonds is 3. The molecule has 0 bridgehead atoms. The second-order valence-corrected chi connectivity index (χ2v) is 3.84. The number of carboxylic acid groups (broad SMARTS) is 1. The van der Waals surface area contributed by atoms with E-state index in [9.17, 15) is 4.79 Å². The summed E-state index contributed by atoms with van der Waals surface area (Å²) >= 11 is 0. The number of hydrogen-bond donors (Lipinski definition) is 1. The van der Waals surface area contributed by atoms with Crippen molar-refractivity contribution in [3.8, 4) is 0 Å². The fraction of sp³-hybridized carbons (Fsp3) is 0.727. The van der Waals surface area contributed by atoms with Gasteiger partial charge in [-0.15, -0.1) is 0 Å². The van der Waals surface area contributed by atoms with E-state index in [1.807, 2.05) is 0 Å². The molecule has 0 heterocycles. The summed E-state index contributed by atoms with van der Waals surface area (Å²) in [4.78, 5) is 10.4. The topological polar surface area (TPSA) is 37.3 Å². The number of carbonyl (C=O) groups is 1. The first-order chi connectivity index (χ1) is 6.20. The van der Waals surface area contributed by atoms with Crippen molar-refractivity contribution in [2.45, 2.75) is 51.9 Å². The number of aliphatic carboxylic acids is 1. The zero-order valence-electron chi connectivity index (χ0n) is 8.31. The maximum absolute atomic E-state index is 10.4. The van der Waals surface area contributed by atoms with Crippen LogP contribution in [0.2, 0.25) is 0 Å². The van der Waals surface area contributed by atoms with Crippen molar-refractivity contribution in [2.24, 2.45) is 0 Å². The molecule has 74 valence electrons. The van der Waals surface area contributed by atoms with E-state index in [0.717, 1.165) is 12.8 Å². The molecule has 0 radical (unpaired) electrons. The normalized spacial score (nSPS) is 18.5. The van der Waals surface area contributed by atoms with Crippen LogP contribution in [0.25, 0.3) is 0 Å². The molecule has 1 rings (SSSR count). The zero-order valence-corrected chi connectivity index (χ0v) is 8.31. The van der Waals surface area contributed by atoms with Gasteiger partial charge in [-0.05, 0) is 39.0 Å². The standard InChI is InChI=1S/C11H18O2/c1-9-5-3-2-4-6-10(9)7-8-11(12)13/h2-8H2,1H3,(H,12,13). The summed E-state index contributed by atoms with van der Waals surface area (Å²) in [7, 11) is 0. The largest absolute Gasteiger partial charge is 0.481 e. The van der Waals surface area contributed by atoms with Gasteiger partial charge in [0.1, 0.15) is 0 Å². The monoisotopic (exact) mass is 182 g/mol. The Morgan fingerprint density at radius 3 is 2.69 bits per heavy atom. The van der Waals surface area contributed by atoms with Crippen LogP contribution < -0.4 is 0 Å². The molecule has 0 amide bonds. The molecule has 0 aromatic carbocycles. The van der Waals surface area contributed by atoms with Gasteiger partial charge >= 0.3 is 5.97 Å². The van der Waals surface area contributed by atoms with E-state index in [4.69, 9.17) is 5.11 Å². The van der Waals surface area contributed by atoms with Crippen molar-refractivity contribution < 1.29 is 9.90 Å². The summed E-state index contributed by atoms with van der Waals surface area (Å²) in [5.74, 6) is -0.676. The quantitative estimate of drug-likeness (QED) is 0.681. The molecule has 0 saturated carbocycles. The van der Waals surface area contributed by atoms with Gasteiger partial charge in [0.15, 0.2) is 0 Å². The van der Waals surface area contributed by atoms with Gasteiger partial charge in [-0.3, -0.25) is 4.79 Å². The lowest BCUT2D eigenvalue weighted by atomic mass is 10.0. The zero-order chi connectivity index (χ0) is 9.68. The average Bonchev–Trinajstić information content (AvgIpc) is 2.27. The van der Waals surface area contributed by atoms with Gasteiger partial charge < -0.3 is 5.11 Å². The summed E-state index contributed by atoms with van der Waals surface area (Å²) in [6.45, 7) is 2.16. The fourth-order valence-corrected chi connectivity index (χ4v) is 1.89. The van der Waals surface area contributed by atoms with E-state index in [0.29, 0.717) is 6.42 Å². The molecule has 0 aromatic heterocycles. The maximum atomic E-state index is 10.4. The van der Waals surface area contributed by atoms with Crippen LogP contribution in [-0.2, 0) is 4.79 Å². The minimum atomic E-state index is -0.676. The van der Waals surface area contributed by atoms with Gasteiger partial charge in [0.05, 0.1) is 0 Å². The predicted octanol–water partition coefficient (Wildman–Crippen LogP) is 3.13. The second-order valence-electron chi connectivity index (χ2n) is 3.84. The predicted molar refractivity (Wildman–Crippen MR) is 52.7 cm³/mol. The van der Waals surface area contributed by atoms with Crippen LogP contribution in [0.15, 0.2) is 11.1 Å². The highest BCUT2D eigenvalue weighted by Crippen LogP contribution is 2.26. The first-order valence-electron chi connectivity index (χ1n) is 5.09. The highest BCUT2D eigenvalue weighted by Gasteiger charge is 2.09. The van der Waals surface area contributed by atoms with Crippen molar-refractivity contribution in [3.63, 3.8) is 0 Å². The molecule has 0 aliphatic heterocycles. The Hall–Kier alpha value is -0.790. The van der Waals surface area contributed by atoms with Crippen LogP contribution in [0.5, 0.6) is 0 Å². The lowest BCUT2D eigenvalue weighted by Gasteiger charge is -2.06. The average molecular weight is 182 g/mol. The van der Waals surface area contributed by atoms with Gasteiger partial charge in [0, 0.05) is 6.42 Å². The van der Waals surface area contributed by atoms with Gasteiger partial charge in [0.2, 0.25) is 0 Å². The Morgan fingerprint density at radius 1 is 1.31 bits per heavy atom. The number of carboxylic acids is 1. The lowest BCUT2D eigenvalue weighted by molar-refractivity contribution is -0.136. The van der Waals surface area contributed by atoms with Gasteiger partial charge in [0.25, 0.3) is 0 Å². The Labute approximate surface area is 79.6 Å². The Kier molecular flexibility index (Phi) is 4.00. The van der Waals surface area contributed by atoms with Gasteiger partial charge in [-0.2, -0.15) is 0 Å². The minimum absolute atomic E-state index is 0.298. The summed E-state index contributed by atoms with van der Waals surface area (Å²) in [6.07, 6.45) is 7.19. The van der Waals surface area contributed by atoms with Gasteiger partial charge in [-0.1, -0.05) is 17.6 Å². The van der Waals surface area contributed by atoms with Crippen LogP contribution in [-0.4, -0.2) is 11.1 Å². The third-order valence-corrected chi connectivity index (χ3v) is 2.77. The Morgan fingerprint density at radius 2 is 2.00 bits per heavy atom. The van der Waals surface area contributed by atoms with Crippen LogP contribution in [0, 0.1) is 0 Å². The maximum Gasteiger partial charge on any atom is 0.303 e. The van der Waals surface area contributed by atoms with Crippen molar-refractivity contribution >= 4 is 5.97 Å². The Bertz CT molecular complexity index is 216. The van der Waals surface area contributed by atoms with Crippen LogP contribution in [0.1, 0.15) is 51.9 Å². The van der Waals surface area contributed by atoms with Crippen molar-refractivity contribution in [3.05, 3.63) is 11.1 Å². The van der Waals surface area contributed by atoms with Crippen LogP contribution in [0.3, 0.4) is 0 Å². The lowest BCUT2D eigenvalue weighted by Crippen LogP contribution is -1.97. The number of hydrogen-bond acceptors (Lipinski definition) is 1. The van der Waals surface area contributed by atoms with E-state index in [1.54, 1.807) is 0 Å². The molecule has 1 N–H and O–H groups in total. The van der Waals surface area contributed by atoms with Crippen LogP contribution in [0.4, 0.5) is 0 Å². The van der Waals surface area contributed by atoms with Crippen molar-refractivity contribution in [1.82, 2.24) is 0 Å². The molecule has 0 atom stereocenters. The highest BCUT2D eigenvalue weighted by atomic mass is 16.4. The molecule has 0 saturated heterocycles. The molecule has 2 nitrogen and oxygen atoms in total. The molecule has 1 aliphatic rings. The summed E-state index contributed by atoms with van der Waals surface area (Å²) in [5.41, 5.74) is 2.85. The molecule has 0 spiro atoms. The van der Waals surface area contributed by atoms with Crippen LogP contribution >= 0.6 is 0 Å². The minimum Gasteiger partial charge on any atom is -0.481 e. The number of allylic oxidation sites excluding steroid dienone is 2. The molecule has 0 fully saturated rings. The van der Waals surface area contributed by atoms with E-state index in [2.05, 4.69) is 6.92 Å². The fourth-order valence-electron chi connectivity index (χ4n) is 1.89. The molecule has 0 aromatic rings. The molecule has 1 aliphatic carbocycles. The molecule has 0 unspecified atom stereocenters. The smallest absolute Gasteiger partial charge is 0.303 e. The summed E-state index contributed by atoms with van der Waals surface area (Å²) < 4.78 is 0. The molecular weight excluding hydrogens is 164 g/mol. The third kappa shape index (κ3) is 3.62. The molecule has 13 heavy (non-hydrogen) atoms. The van der Waals surface area contributed by atoms with E-state index in [1.165, 1.54) is 36.8 Å². The van der Waals surface area contributed by atoms with Crippen molar-refractivity contribution in [2.75, 3.05) is 0 Å². The molecular formula is C11H18O2. The van der Waals surface area contributed by atoms with E-state index in [-0.39, 0.29) is 0 Å². The van der Waals surface area contributed by atoms with E-state index < -0.39 is 5.97 Å². The first-order valence-corrected chi connectivity index (χ1v) is 5.09. The Balaban J connectivity index is 2.48. The third-order valence-electron chi connectivity index (χ3n) is 2.77. The van der Waals surface area contributed by atoms with Crippen molar-refractivity contribution in [1.29, 1.82) is 0 Å². The molecule has 2 heteroatoms.